The van der Waals surface area contributed by atoms with E-state index in [1.165, 1.54) is 0 Å². The quantitative estimate of drug-likeness (QED) is 0.589. The molecule has 2 nitrogen and oxygen atoms in total. The van der Waals surface area contributed by atoms with Crippen LogP contribution in [0.2, 0.25) is 0 Å². The summed E-state index contributed by atoms with van der Waals surface area (Å²) < 4.78 is 0. The van der Waals surface area contributed by atoms with E-state index in [9.17, 15) is 0 Å². The summed E-state index contributed by atoms with van der Waals surface area (Å²) in [7, 11) is 9.53. The van der Waals surface area contributed by atoms with Gasteiger partial charge in [0.25, 0.3) is 0 Å². The molecule has 1 unspecified atom stereocenters. The summed E-state index contributed by atoms with van der Waals surface area (Å²) in [4.78, 5) is 8.66. The predicted octanol–water partition coefficient (Wildman–Crippen LogP) is 4.31. The first-order valence-corrected chi connectivity index (χ1v) is 8.25. The van der Waals surface area contributed by atoms with Gasteiger partial charge in [-0.2, -0.15) is 0 Å². The number of pyridine rings is 1. The van der Waals surface area contributed by atoms with Crippen molar-refractivity contribution in [3.05, 3.63) is 30.1 Å². The molecular weight excluding hydrogens is 299 g/mol. The molecule has 1 aromatic rings. The second kappa shape index (κ2) is 8.93. The molecule has 0 spiro atoms. The molecule has 0 N–H and O–H groups in total. The van der Waals surface area contributed by atoms with Gasteiger partial charge in [-0.3, -0.25) is 9.98 Å². The van der Waals surface area contributed by atoms with Crippen LogP contribution in [-0.2, 0) is 13.1 Å². The topological polar surface area (TPSA) is 25.2 Å². The average Bonchev–Trinajstić information content (AvgIpc) is 2.27. The van der Waals surface area contributed by atoms with Gasteiger partial charge in [-0.05, 0) is 24.5 Å². The molecule has 1 heterocycles. The van der Waals surface area contributed by atoms with Crippen LogP contribution in [0.15, 0.2) is 29.4 Å². The molecule has 1 atom stereocenters. The monoisotopic (exact) mass is 316 g/mol. The number of nitrogens with zero attached hydrogens (tertiary/aromatic N) is 2. The maximum atomic E-state index is 4.76. The average molecular weight is 317 g/mol. The Bertz CT molecular complexity index is 323. The number of rotatable bonds is 2. The van der Waals surface area contributed by atoms with E-state index >= 15 is 0 Å². The molecule has 0 saturated heterocycles. The van der Waals surface area contributed by atoms with Crippen LogP contribution < -0.4 is 0 Å². The Morgan fingerprint density at radius 3 is 2.35 bits per heavy atom. The standard InChI is InChI=1S/C12H18N2.2ClH.Fe/c1-10(12(2,3)4)14-9-11-7-5-6-8-13-11;;;/h5-10H,1-4H3;2*1H;/q;;;+2/p-2. The van der Waals surface area contributed by atoms with Gasteiger partial charge < -0.3 is 0 Å². The third kappa shape index (κ3) is 8.62. The third-order valence-electron chi connectivity index (χ3n) is 2.37. The predicted molar refractivity (Wildman–Crippen MR) is 72.5 cm³/mol. The molecule has 0 radical (unpaired) electrons. The van der Waals surface area contributed by atoms with Crippen molar-refractivity contribution in [2.75, 3.05) is 0 Å². The van der Waals surface area contributed by atoms with E-state index in [2.05, 4.69) is 37.7 Å². The van der Waals surface area contributed by atoms with Crippen LogP contribution in [0, 0.1) is 5.41 Å². The van der Waals surface area contributed by atoms with Crippen molar-refractivity contribution in [1.82, 2.24) is 4.98 Å². The molecule has 1 aromatic heterocycles. The SMILES string of the molecule is CC(N=Cc1ccccn1)C(C)(C)C.[Cl][Fe][Cl]. The number of hydrogen-bond acceptors (Lipinski definition) is 2. The van der Waals surface area contributed by atoms with E-state index < -0.39 is 0 Å². The first-order chi connectivity index (χ1) is 7.91. The number of halogens is 2. The van der Waals surface area contributed by atoms with Crippen LogP contribution in [0.25, 0.3) is 0 Å². The first-order valence-electron chi connectivity index (χ1n) is 5.21. The molecular formula is C12H18Cl2FeN2. The summed E-state index contributed by atoms with van der Waals surface area (Å²) >= 11 is 0.194. The van der Waals surface area contributed by atoms with Crippen molar-refractivity contribution in [3.8, 4) is 0 Å². The van der Waals surface area contributed by atoms with Gasteiger partial charge in [0.1, 0.15) is 0 Å². The van der Waals surface area contributed by atoms with E-state index in [4.69, 9.17) is 20.2 Å². The molecule has 0 amide bonds. The molecule has 98 valence electrons. The zero-order chi connectivity index (χ0) is 13.3. The van der Waals surface area contributed by atoms with Gasteiger partial charge in [-0.1, -0.05) is 26.8 Å². The van der Waals surface area contributed by atoms with Gasteiger partial charge in [0, 0.05) is 12.4 Å². The van der Waals surface area contributed by atoms with Crippen molar-refractivity contribution in [1.29, 1.82) is 0 Å². The molecule has 0 aromatic carbocycles. The molecule has 1 rings (SSSR count). The zero-order valence-corrected chi connectivity index (χ0v) is 13.1. The van der Waals surface area contributed by atoms with Crippen LogP contribution in [0.1, 0.15) is 33.4 Å². The molecule has 5 heteroatoms. The van der Waals surface area contributed by atoms with E-state index in [-0.39, 0.29) is 18.5 Å². The van der Waals surface area contributed by atoms with Gasteiger partial charge in [-0.15, -0.1) is 0 Å². The van der Waals surface area contributed by atoms with Gasteiger partial charge in [0.15, 0.2) is 0 Å². The number of aliphatic imine (C=N–C) groups is 1. The summed E-state index contributed by atoms with van der Waals surface area (Å²) in [6, 6.07) is 6.14. The Kier molecular flexibility index (Phi) is 8.89. The first kappa shape index (κ1) is 16.9. The molecule has 0 saturated carbocycles. The van der Waals surface area contributed by atoms with Crippen molar-refractivity contribution in [3.63, 3.8) is 0 Å². The number of aromatic nitrogens is 1. The molecule has 0 aliphatic rings. The minimum absolute atomic E-state index is 0.194. The normalized spacial score (nSPS) is 13.3. The van der Waals surface area contributed by atoms with Crippen molar-refractivity contribution in [2.24, 2.45) is 10.4 Å². The van der Waals surface area contributed by atoms with Gasteiger partial charge in [0.2, 0.25) is 0 Å². The van der Waals surface area contributed by atoms with Crippen LogP contribution in [-0.4, -0.2) is 17.2 Å². The van der Waals surface area contributed by atoms with E-state index in [1.54, 1.807) is 6.20 Å². The van der Waals surface area contributed by atoms with Gasteiger partial charge in [0.05, 0.1) is 11.7 Å². The van der Waals surface area contributed by atoms with Crippen LogP contribution in [0.5, 0.6) is 0 Å². The second-order valence-electron chi connectivity index (χ2n) is 4.63. The van der Waals surface area contributed by atoms with E-state index in [1.807, 2.05) is 24.4 Å². The van der Waals surface area contributed by atoms with Crippen LogP contribution in [0.3, 0.4) is 0 Å². The van der Waals surface area contributed by atoms with Crippen LogP contribution >= 0.6 is 20.2 Å². The van der Waals surface area contributed by atoms with Crippen molar-refractivity contribution in [2.45, 2.75) is 33.7 Å². The Morgan fingerprint density at radius 2 is 1.94 bits per heavy atom. The Labute approximate surface area is 118 Å². The van der Waals surface area contributed by atoms with Gasteiger partial charge >= 0.3 is 33.3 Å². The summed E-state index contributed by atoms with van der Waals surface area (Å²) in [6.45, 7) is 8.69. The molecule has 0 aliphatic carbocycles. The van der Waals surface area contributed by atoms with Crippen LogP contribution in [0.4, 0.5) is 0 Å². The molecule has 17 heavy (non-hydrogen) atoms. The summed E-state index contributed by atoms with van der Waals surface area (Å²) in [5.41, 5.74) is 1.13. The maximum absolute atomic E-state index is 4.76. The Hall–Kier alpha value is -0.0805. The fourth-order valence-electron chi connectivity index (χ4n) is 0.864. The fourth-order valence-corrected chi connectivity index (χ4v) is 0.864. The van der Waals surface area contributed by atoms with Gasteiger partial charge in [-0.25, -0.2) is 0 Å². The minimum atomic E-state index is 0.194. The summed E-state index contributed by atoms with van der Waals surface area (Å²) in [5.74, 6) is 0. The summed E-state index contributed by atoms with van der Waals surface area (Å²) in [5, 5.41) is 0. The van der Waals surface area contributed by atoms with E-state index in [0.29, 0.717) is 6.04 Å². The molecule has 0 fully saturated rings. The zero-order valence-electron chi connectivity index (χ0n) is 10.5. The second-order valence-corrected chi connectivity index (χ2v) is 6.45. The Balaban J connectivity index is 0.000000770. The fraction of sp³-hybridized carbons (Fsp3) is 0.500. The van der Waals surface area contributed by atoms with Crippen molar-refractivity contribution < 1.29 is 13.1 Å². The third-order valence-corrected chi connectivity index (χ3v) is 2.37. The molecule has 0 aliphatic heterocycles. The summed E-state index contributed by atoms with van der Waals surface area (Å²) in [6.07, 6.45) is 3.62. The van der Waals surface area contributed by atoms with Crippen molar-refractivity contribution >= 4 is 26.4 Å². The molecule has 0 bridgehead atoms. The van der Waals surface area contributed by atoms with E-state index in [0.717, 1.165) is 5.69 Å². The Morgan fingerprint density at radius 1 is 1.35 bits per heavy atom. The number of hydrogen-bond donors (Lipinski definition) is 0.